The second-order valence-corrected chi connectivity index (χ2v) is 4.70. The maximum atomic E-state index is 11.8. The van der Waals surface area contributed by atoms with Gasteiger partial charge in [-0.1, -0.05) is 60.7 Å². The third-order valence-corrected chi connectivity index (χ3v) is 3.20. The molecule has 0 aliphatic rings. The van der Waals surface area contributed by atoms with Crippen LogP contribution in [0.2, 0.25) is 0 Å². The van der Waals surface area contributed by atoms with Gasteiger partial charge in [-0.05, 0) is 11.6 Å². The van der Waals surface area contributed by atoms with Crippen molar-refractivity contribution in [2.24, 2.45) is 0 Å². The maximum Gasteiger partial charge on any atom is 0.287 e. The van der Waals surface area contributed by atoms with Crippen LogP contribution >= 0.6 is 0 Å². The molecule has 104 valence electrons. The van der Waals surface area contributed by atoms with Crippen molar-refractivity contribution in [1.82, 2.24) is 10.2 Å². The highest BCUT2D eigenvalue weighted by Crippen LogP contribution is 2.17. The Kier molecular flexibility index (Phi) is 3.78. The Labute approximate surface area is 122 Å². The van der Waals surface area contributed by atoms with E-state index in [4.69, 9.17) is 0 Å². The van der Waals surface area contributed by atoms with Crippen molar-refractivity contribution in [1.29, 1.82) is 0 Å². The summed E-state index contributed by atoms with van der Waals surface area (Å²) >= 11 is 0. The number of aromatic amines is 1. The number of rotatable bonds is 4. The summed E-state index contributed by atoms with van der Waals surface area (Å²) in [6, 6.07) is 21.5. The molecule has 3 aromatic rings. The van der Waals surface area contributed by atoms with Gasteiger partial charge in [0.25, 0.3) is 5.56 Å². The topological polar surface area (TPSA) is 57.8 Å². The molecule has 0 aliphatic carbocycles. The van der Waals surface area contributed by atoms with Crippen LogP contribution in [0.25, 0.3) is 11.3 Å². The number of H-pyrrole nitrogens is 1. The third kappa shape index (κ3) is 3.17. The molecule has 1 heterocycles. The Morgan fingerprint density at radius 3 is 2.33 bits per heavy atom. The number of anilines is 1. The van der Waals surface area contributed by atoms with Crippen LogP contribution < -0.4 is 10.9 Å². The van der Waals surface area contributed by atoms with Gasteiger partial charge in [0.1, 0.15) is 5.69 Å². The Bertz CT molecular complexity index is 767. The molecule has 4 heteroatoms. The van der Waals surface area contributed by atoms with Gasteiger partial charge in [0.2, 0.25) is 0 Å². The second-order valence-electron chi connectivity index (χ2n) is 4.70. The molecule has 2 aromatic carbocycles. The summed E-state index contributed by atoms with van der Waals surface area (Å²) in [6.45, 7) is 0.599. The van der Waals surface area contributed by atoms with Gasteiger partial charge in [-0.3, -0.25) is 4.79 Å². The zero-order chi connectivity index (χ0) is 14.5. The summed E-state index contributed by atoms with van der Waals surface area (Å²) in [5.41, 5.74) is 3.13. The first-order chi connectivity index (χ1) is 10.3. The quantitative estimate of drug-likeness (QED) is 0.770. The van der Waals surface area contributed by atoms with Crippen molar-refractivity contribution in [3.8, 4) is 11.3 Å². The van der Waals surface area contributed by atoms with Crippen molar-refractivity contribution >= 4 is 5.69 Å². The Morgan fingerprint density at radius 1 is 0.952 bits per heavy atom. The molecule has 0 saturated carbocycles. The number of benzene rings is 2. The average Bonchev–Trinajstić information content (AvgIpc) is 2.56. The van der Waals surface area contributed by atoms with Crippen molar-refractivity contribution in [2.45, 2.75) is 6.54 Å². The van der Waals surface area contributed by atoms with Crippen molar-refractivity contribution in [2.75, 3.05) is 5.32 Å². The summed E-state index contributed by atoms with van der Waals surface area (Å²) in [5, 5.41) is 9.78. The van der Waals surface area contributed by atoms with Gasteiger partial charge in [-0.25, -0.2) is 5.10 Å². The fourth-order valence-corrected chi connectivity index (χ4v) is 2.09. The first-order valence-electron chi connectivity index (χ1n) is 6.76. The van der Waals surface area contributed by atoms with Crippen LogP contribution in [-0.4, -0.2) is 10.2 Å². The van der Waals surface area contributed by atoms with E-state index in [0.29, 0.717) is 12.2 Å². The van der Waals surface area contributed by atoms with E-state index in [1.807, 2.05) is 60.7 Å². The molecule has 0 bridgehead atoms. The highest BCUT2D eigenvalue weighted by Gasteiger charge is 2.04. The van der Waals surface area contributed by atoms with Gasteiger partial charge < -0.3 is 5.32 Å². The summed E-state index contributed by atoms with van der Waals surface area (Å²) in [5.74, 6) is 0. The van der Waals surface area contributed by atoms with Crippen LogP contribution in [0.15, 0.2) is 71.5 Å². The monoisotopic (exact) mass is 277 g/mol. The summed E-state index contributed by atoms with van der Waals surface area (Å²) in [4.78, 5) is 11.8. The average molecular weight is 277 g/mol. The summed E-state index contributed by atoms with van der Waals surface area (Å²) < 4.78 is 0. The molecule has 2 N–H and O–H groups in total. The Balaban J connectivity index is 1.84. The van der Waals surface area contributed by atoms with E-state index >= 15 is 0 Å². The van der Waals surface area contributed by atoms with E-state index in [1.165, 1.54) is 0 Å². The minimum Gasteiger partial charge on any atom is -0.376 e. The number of hydrogen-bond donors (Lipinski definition) is 2. The fourth-order valence-electron chi connectivity index (χ4n) is 2.09. The smallest absolute Gasteiger partial charge is 0.287 e. The van der Waals surface area contributed by atoms with Gasteiger partial charge in [-0.2, -0.15) is 5.10 Å². The van der Waals surface area contributed by atoms with Gasteiger partial charge in [0, 0.05) is 12.1 Å². The number of nitrogens with zero attached hydrogens (tertiary/aromatic N) is 1. The third-order valence-electron chi connectivity index (χ3n) is 3.20. The molecular formula is C17H15N3O. The lowest BCUT2D eigenvalue weighted by Gasteiger charge is -2.07. The van der Waals surface area contributed by atoms with Crippen LogP contribution in [0.5, 0.6) is 0 Å². The predicted octanol–water partition coefficient (Wildman–Crippen LogP) is 3.05. The molecule has 0 amide bonds. The lowest BCUT2D eigenvalue weighted by Crippen LogP contribution is -2.15. The van der Waals surface area contributed by atoms with E-state index in [9.17, 15) is 4.79 Å². The second kappa shape index (κ2) is 6.05. The highest BCUT2D eigenvalue weighted by molar-refractivity contribution is 5.62. The van der Waals surface area contributed by atoms with E-state index < -0.39 is 0 Å². The molecule has 0 unspecified atom stereocenters. The normalized spacial score (nSPS) is 10.3. The van der Waals surface area contributed by atoms with Crippen molar-refractivity contribution in [3.05, 3.63) is 82.6 Å². The SMILES string of the molecule is O=c1[nH]nc(-c2ccccc2)cc1NCc1ccccc1. The first-order valence-corrected chi connectivity index (χ1v) is 6.76. The molecule has 0 atom stereocenters. The van der Waals surface area contributed by atoms with Gasteiger partial charge >= 0.3 is 0 Å². The van der Waals surface area contributed by atoms with Crippen LogP contribution in [0.1, 0.15) is 5.56 Å². The fraction of sp³-hybridized carbons (Fsp3) is 0.0588. The molecule has 3 rings (SSSR count). The Morgan fingerprint density at radius 2 is 1.62 bits per heavy atom. The lowest BCUT2D eigenvalue weighted by atomic mass is 10.1. The number of hydrogen-bond acceptors (Lipinski definition) is 3. The molecular weight excluding hydrogens is 262 g/mol. The minimum absolute atomic E-state index is 0.217. The molecule has 0 saturated heterocycles. The van der Waals surface area contributed by atoms with E-state index in [1.54, 1.807) is 6.07 Å². The van der Waals surface area contributed by atoms with Crippen LogP contribution in [-0.2, 0) is 6.54 Å². The number of nitrogens with one attached hydrogen (secondary N) is 2. The molecule has 21 heavy (non-hydrogen) atoms. The zero-order valence-corrected chi connectivity index (χ0v) is 11.4. The van der Waals surface area contributed by atoms with Gasteiger partial charge in [0.05, 0.1) is 5.69 Å². The minimum atomic E-state index is -0.217. The molecule has 0 fully saturated rings. The lowest BCUT2D eigenvalue weighted by molar-refractivity contribution is 0.985. The Hall–Kier alpha value is -2.88. The van der Waals surface area contributed by atoms with E-state index in [2.05, 4.69) is 15.5 Å². The van der Waals surface area contributed by atoms with Crippen molar-refractivity contribution in [3.63, 3.8) is 0 Å². The molecule has 4 nitrogen and oxygen atoms in total. The van der Waals surface area contributed by atoms with Crippen LogP contribution in [0.4, 0.5) is 5.69 Å². The van der Waals surface area contributed by atoms with Crippen LogP contribution in [0, 0.1) is 0 Å². The van der Waals surface area contributed by atoms with Crippen molar-refractivity contribution < 1.29 is 0 Å². The van der Waals surface area contributed by atoms with Gasteiger partial charge in [0.15, 0.2) is 0 Å². The maximum absolute atomic E-state index is 11.8. The molecule has 0 aliphatic heterocycles. The molecule has 0 spiro atoms. The first kappa shape index (κ1) is 13.1. The number of aromatic nitrogens is 2. The van der Waals surface area contributed by atoms with Crippen LogP contribution in [0.3, 0.4) is 0 Å². The van der Waals surface area contributed by atoms with E-state index in [0.717, 1.165) is 16.8 Å². The predicted molar refractivity (Wildman–Crippen MR) is 84.1 cm³/mol. The summed E-state index contributed by atoms with van der Waals surface area (Å²) in [7, 11) is 0. The summed E-state index contributed by atoms with van der Waals surface area (Å²) in [6.07, 6.45) is 0. The highest BCUT2D eigenvalue weighted by atomic mass is 16.1. The van der Waals surface area contributed by atoms with Gasteiger partial charge in [-0.15, -0.1) is 0 Å². The standard InChI is InChI=1S/C17H15N3O/c21-17-16(18-12-13-7-3-1-4-8-13)11-15(19-20-17)14-9-5-2-6-10-14/h1-11H,12H2,(H,18,19)(H,20,21). The largest absolute Gasteiger partial charge is 0.376 e. The molecule has 0 radical (unpaired) electrons. The molecule has 1 aromatic heterocycles. The zero-order valence-electron chi connectivity index (χ0n) is 11.4. The van der Waals surface area contributed by atoms with E-state index in [-0.39, 0.29) is 5.56 Å².